The van der Waals surface area contributed by atoms with Gasteiger partial charge >= 0.3 is 0 Å². The maximum absolute atomic E-state index is 13.4. The number of rotatable bonds is 6. The number of thioether (sulfide) groups is 1. The minimum Gasteiger partial charge on any atom is -0.305 e. The first-order chi connectivity index (χ1) is 14.5. The first-order valence-corrected chi connectivity index (χ1v) is 10.5. The molecule has 0 fully saturated rings. The van der Waals surface area contributed by atoms with Crippen LogP contribution in [0.2, 0.25) is 0 Å². The second-order valence-electron chi connectivity index (χ2n) is 7.24. The quantitative estimate of drug-likeness (QED) is 0.320. The van der Waals surface area contributed by atoms with Crippen molar-refractivity contribution in [3.63, 3.8) is 0 Å². The van der Waals surface area contributed by atoms with Crippen LogP contribution >= 0.6 is 11.8 Å². The predicted octanol–water partition coefficient (Wildman–Crippen LogP) is 5.21. The Bertz CT molecular complexity index is 1150. The maximum atomic E-state index is 13.4. The van der Waals surface area contributed by atoms with Crippen molar-refractivity contribution in [1.29, 1.82) is 0 Å². The average molecular weight is 415 g/mol. The highest BCUT2D eigenvalue weighted by Crippen LogP contribution is 2.38. The fourth-order valence-electron chi connectivity index (χ4n) is 3.16. The molecule has 2 aromatic carbocycles. The van der Waals surface area contributed by atoms with E-state index in [1.165, 1.54) is 11.8 Å². The van der Waals surface area contributed by atoms with Gasteiger partial charge in [0.05, 0.1) is 0 Å². The Kier molecular flexibility index (Phi) is 5.77. The third-order valence-electron chi connectivity index (χ3n) is 4.95. The second-order valence-corrected chi connectivity index (χ2v) is 8.31. The number of carbonyl (C=O) groups excluding carboxylic acids is 1. The lowest BCUT2D eigenvalue weighted by molar-refractivity contribution is 0.0989. The molecular weight excluding hydrogens is 392 g/mol. The van der Waals surface area contributed by atoms with Crippen LogP contribution in [0.25, 0.3) is 11.4 Å². The van der Waals surface area contributed by atoms with Crippen LogP contribution in [0.5, 0.6) is 0 Å². The fourth-order valence-corrected chi connectivity index (χ4v) is 4.24. The van der Waals surface area contributed by atoms with E-state index >= 15 is 0 Å². The molecule has 0 saturated heterocycles. The predicted molar refractivity (Wildman–Crippen MR) is 120 cm³/mol. The largest absolute Gasteiger partial charge is 0.305 e. The number of aromatic nitrogens is 4. The number of hydrogen-bond acceptors (Lipinski definition) is 5. The Morgan fingerprint density at radius 1 is 0.867 bits per heavy atom. The number of carbonyl (C=O) groups is 1. The molecule has 0 aliphatic carbocycles. The standard InChI is InChI=1S/C24H22N4OS/c1-16-4-8-18(9-5-16)21(29)22(19-10-6-17(2)7-11-19)30-24-27-26-23(28(24)3)20-12-14-25-15-13-20/h4-15,22H,1-3H3/t22-/m0/s1. The molecule has 2 aromatic heterocycles. The summed E-state index contributed by atoms with van der Waals surface area (Å²) in [6, 6.07) is 19.6. The van der Waals surface area contributed by atoms with Gasteiger partial charge in [-0.05, 0) is 31.5 Å². The number of nitrogens with zero attached hydrogens (tertiary/aromatic N) is 4. The van der Waals surface area contributed by atoms with E-state index in [0.29, 0.717) is 10.7 Å². The van der Waals surface area contributed by atoms with Crippen molar-refractivity contribution in [1.82, 2.24) is 19.7 Å². The van der Waals surface area contributed by atoms with E-state index in [1.54, 1.807) is 12.4 Å². The summed E-state index contributed by atoms with van der Waals surface area (Å²) >= 11 is 1.42. The topological polar surface area (TPSA) is 60.7 Å². The zero-order valence-corrected chi connectivity index (χ0v) is 17.9. The van der Waals surface area contributed by atoms with Crippen molar-refractivity contribution in [3.8, 4) is 11.4 Å². The van der Waals surface area contributed by atoms with Crippen molar-refractivity contribution < 1.29 is 4.79 Å². The molecule has 0 aliphatic heterocycles. The lowest BCUT2D eigenvalue weighted by Gasteiger charge is -2.16. The molecule has 150 valence electrons. The van der Waals surface area contributed by atoms with E-state index in [9.17, 15) is 4.79 Å². The molecule has 5 nitrogen and oxygen atoms in total. The maximum Gasteiger partial charge on any atom is 0.192 e. The van der Waals surface area contributed by atoms with Crippen molar-refractivity contribution in [2.75, 3.05) is 0 Å². The highest BCUT2D eigenvalue weighted by molar-refractivity contribution is 8.00. The fraction of sp³-hybridized carbons (Fsp3) is 0.167. The molecule has 0 unspecified atom stereocenters. The van der Waals surface area contributed by atoms with Gasteiger partial charge in [0.25, 0.3) is 0 Å². The van der Waals surface area contributed by atoms with Crippen LogP contribution in [0.15, 0.2) is 78.2 Å². The molecule has 1 atom stereocenters. The van der Waals surface area contributed by atoms with Crippen LogP contribution in [-0.4, -0.2) is 25.5 Å². The summed E-state index contributed by atoms with van der Waals surface area (Å²) in [6.07, 6.45) is 3.46. The van der Waals surface area contributed by atoms with Gasteiger partial charge in [-0.25, -0.2) is 0 Å². The van der Waals surface area contributed by atoms with E-state index in [0.717, 1.165) is 28.1 Å². The minimum absolute atomic E-state index is 0.0531. The zero-order chi connectivity index (χ0) is 21.1. The number of Topliss-reactive ketones (excluding diaryl/α,β-unsaturated/α-hetero) is 1. The third kappa shape index (κ3) is 4.19. The number of ketones is 1. The third-order valence-corrected chi connectivity index (χ3v) is 6.24. The van der Waals surface area contributed by atoms with Gasteiger partial charge in [-0.15, -0.1) is 10.2 Å². The molecule has 0 bridgehead atoms. The first kappa shape index (κ1) is 20.0. The molecule has 0 radical (unpaired) electrons. The van der Waals surface area contributed by atoms with Crippen LogP contribution in [-0.2, 0) is 7.05 Å². The number of hydrogen-bond donors (Lipinski definition) is 0. The molecule has 0 aliphatic rings. The highest BCUT2D eigenvalue weighted by Gasteiger charge is 2.26. The van der Waals surface area contributed by atoms with Gasteiger partial charge in [-0.1, -0.05) is 71.4 Å². The Hall–Kier alpha value is -3.25. The normalized spacial score (nSPS) is 12.0. The van der Waals surface area contributed by atoms with Gasteiger partial charge in [0.1, 0.15) is 5.25 Å². The van der Waals surface area contributed by atoms with Crippen molar-refractivity contribution in [2.45, 2.75) is 24.3 Å². The molecule has 4 aromatic rings. The van der Waals surface area contributed by atoms with E-state index < -0.39 is 5.25 Å². The van der Waals surface area contributed by atoms with Crippen LogP contribution in [0, 0.1) is 13.8 Å². The van der Waals surface area contributed by atoms with Gasteiger partial charge < -0.3 is 4.57 Å². The number of pyridine rings is 1. The monoisotopic (exact) mass is 414 g/mol. The van der Waals surface area contributed by atoms with Crippen LogP contribution in [0.4, 0.5) is 0 Å². The van der Waals surface area contributed by atoms with E-state index in [4.69, 9.17) is 0 Å². The molecule has 0 spiro atoms. The molecule has 0 N–H and O–H groups in total. The summed E-state index contributed by atoms with van der Waals surface area (Å²) < 4.78 is 1.92. The lowest BCUT2D eigenvalue weighted by Crippen LogP contribution is -2.11. The molecule has 30 heavy (non-hydrogen) atoms. The van der Waals surface area contributed by atoms with Gasteiger partial charge in [-0.2, -0.15) is 0 Å². The Morgan fingerprint density at radius 2 is 1.47 bits per heavy atom. The SMILES string of the molecule is Cc1ccc(C(=O)[C@@H](Sc2nnc(-c3ccncc3)n2C)c2ccc(C)cc2)cc1. The Balaban J connectivity index is 1.70. The summed E-state index contributed by atoms with van der Waals surface area (Å²) in [5.74, 6) is 0.794. The number of benzene rings is 2. The minimum atomic E-state index is -0.415. The van der Waals surface area contributed by atoms with E-state index in [-0.39, 0.29) is 5.78 Å². The van der Waals surface area contributed by atoms with Gasteiger partial charge in [0.2, 0.25) is 0 Å². The summed E-state index contributed by atoms with van der Waals surface area (Å²) in [7, 11) is 1.92. The van der Waals surface area contributed by atoms with Crippen LogP contribution in [0.3, 0.4) is 0 Å². The summed E-state index contributed by atoms with van der Waals surface area (Å²) in [5, 5.41) is 8.98. The second kappa shape index (κ2) is 8.63. The van der Waals surface area contributed by atoms with Gasteiger partial charge in [-0.3, -0.25) is 9.78 Å². The molecule has 6 heteroatoms. The summed E-state index contributed by atoms with van der Waals surface area (Å²) in [5.41, 5.74) is 4.86. The average Bonchev–Trinajstić information content (AvgIpc) is 3.13. The Morgan fingerprint density at radius 3 is 2.10 bits per heavy atom. The molecule has 0 amide bonds. The van der Waals surface area contributed by atoms with Crippen LogP contribution in [0.1, 0.15) is 32.3 Å². The summed E-state index contributed by atoms with van der Waals surface area (Å²) in [6.45, 7) is 4.05. The van der Waals surface area contributed by atoms with Crippen molar-refractivity contribution in [2.24, 2.45) is 7.05 Å². The van der Waals surface area contributed by atoms with Gasteiger partial charge in [0, 0.05) is 30.6 Å². The molecular formula is C24H22N4OS. The molecule has 4 rings (SSSR count). The lowest BCUT2D eigenvalue weighted by atomic mass is 10.0. The van der Waals surface area contributed by atoms with Gasteiger partial charge in [0.15, 0.2) is 16.8 Å². The van der Waals surface area contributed by atoms with Crippen molar-refractivity contribution in [3.05, 3.63) is 95.3 Å². The molecule has 0 saturated carbocycles. The highest BCUT2D eigenvalue weighted by atomic mass is 32.2. The zero-order valence-electron chi connectivity index (χ0n) is 17.1. The summed E-state index contributed by atoms with van der Waals surface area (Å²) in [4.78, 5) is 17.5. The van der Waals surface area contributed by atoms with Crippen LogP contribution < -0.4 is 0 Å². The van der Waals surface area contributed by atoms with E-state index in [2.05, 4.69) is 15.2 Å². The van der Waals surface area contributed by atoms with Crippen molar-refractivity contribution >= 4 is 17.5 Å². The Labute approximate surface area is 180 Å². The van der Waals surface area contributed by atoms with E-state index in [1.807, 2.05) is 86.1 Å². The number of aryl methyl sites for hydroxylation is 2. The molecule has 2 heterocycles. The first-order valence-electron chi connectivity index (χ1n) is 9.67. The smallest absolute Gasteiger partial charge is 0.192 e.